The van der Waals surface area contributed by atoms with E-state index in [-0.39, 0.29) is 18.0 Å². The minimum atomic E-state index is -0.0871. The van der Waals surface area contributed by atoms with Gasteiger partial charge in [-0.25, -0.2) is 0 Å². The predicted molar refractivity (Wildman–Crippen MR) is 64.5 cm³/mol. The number of hydrogen-bond donors (Lipinski definition) is 0. The van der Waals surface area contributed by atoms with Gasteiger partial charge in [-0.15, -0.1) is 0 Å². The Balaban J connectivity index is 1.82. The Hall–Kier alpha value is -0.0900. The zero-order valence-electron chi connectivity index (χ0n) is 9.82. The van der Waals surface area contributed by atoms with Crippen LogP contribution in [0.15, 0.2) is 0 Å². The van der Waals surface area contributed by atoms with Crippen LogP contribution < -0.4 is 0 Å². The molecule has 2 fully saturated rings. The lowest BCUT2D eigenvalue weighted by Gasteiger charge is -2.18. The first kappa shape index (κ1) is 12.4. The van der Waals surface area contributed by atoms with Gasteiger partial charge in [-0.1, -0.05) is 35.7 Å². The molecule has 2 rings (SSSR count). The Bertz CT molecular complexity index is 269. The molecule has 1 saturated carbocycles. The summed E-state index contributed by atoms with van der Waals surface area (Å²) >= 11 is 3.67. The summed E-state index contributed by atoms with van der Waals surface area (Å²) in [6, 6.07) is 0. The number of halogens is 1. The van der Waals surface area contributed by atoms with Gasteiger partial charge in [-0.3, -0.25) is 4.79 Å². The van der Waals surface area contributed by atoms with Crippen LogP contribution in [0.2, 0.25) is 0 Å². The van der Waals surface area contributed by atoms with Crippen molar-refractivity contribution in [1.82, 2.24) is 0 Å². The Morgan fingerprint density at radius 1 is 1.44 bits per heavy atom. The normalized spacial score (nSPS) is 40.6. The highest BCUT2D eigenvalue weighted by Crippen LogP contribution is 2.55. The van der Waals surface area contributed by atoms with E-state index >= 15 is 0 Å². The van der Waals surface area contributed by atoms with Crippen LogP contribution in [0.25, 0.3) is 0 Å². The van der Waals surface area contributed by atoms with Crippen LogP contribution in [0.4, 0.5) is 0 Å². The van der Waals surface area contributed by atoms with E-state index in [1.165, 1.54) is 12.8 Å². The summed E-state index contributed by atoms with van der Waals surface area (Å²) in [4.78, 5) is 11.9. The van der Waals surface area contributed by atoms with E-state index in [4.69, 9.17) is 9.47 Å². The van der Waals surface area contributed by atoms with Gasteiger partial charge in [0.25, 0.3) is 0 Å². The minimum absolute atomic E-state index is 0.0119. The summed E-state index contributed by atoms with van der Waals surface area (Å²) in [5.74, 6) is 0.249. The Morgan fingerprint density at radius 3 is 2.69 bits per heavy atom. The van der Waals surface area contributed by atoms with Gasteiger partial charge in [-0.2, -0.15) is 0 Å². The molecule has 0 bridgehead atoms. The van der Waals surface area contributed by atoms with Crippen molar-refractivity contribution in [2.45, 2.75) is 50.1 Å². The maximum atomic E-state index is 11.6. The van der Waals surface area contributed by atoms with Gasteiger partial charge in [0, 0.05) is 10.7 Å². The molecule has 4 heteroatoms. The van der Waals surface area contributed by atoms with Crippen LogP contribution in [0.1, 0.15) is 33.1 Å². The minimum Gasteiger partial charge on any atom is -0.466 e. The highest BCUT2D eigenvalue weighted by molar-refractivity contribution is 9.09. The van der Waals surface area contributed by atoms with Crippen LogP contribution in [-0.4, -0.2) is 29.6 Å². The molecule has 1 aliphatic heterocycles. The van der Waals surface area contributed by atoms with Crippen LogP contribution in [-0.2, 0) is 14.3 Å². The van der Waals surface area contributed by atoms with Crippen molar-refractivity contribution in [1.29, 1.82) is 0 Å². The number of esters is 1. The number of hydrogen-bond acceptors (Lipinski definition) is 3. The van der Waals surface area contributed by atoms with Crippen LogP contribution >= 0.6 is 15.9 Å². The van der Waals surface area contributed by atoms with Crippen molar-refractivity contribution < 1.29 is 14.3 Å². The highest BCUT2D eigenvalue weighted by Gasteiger charge is 2.66. The topological polar surface area (TPSA) is 35.5 Å². The number of rotatable bonds is 5. The van der Waals surface area contributed by atoms with Crippen molar-refractivity contribution >= 4 is 21.9 Å². The molecular formula is C12H19BrO3. The Labute approximate surface area is 105 Å². The van der Waals surface area contributed by atoms with Gasteiger partial charge < -0.3 is 9.47 Å². The standard InChI is InChI=1S/C12H19BrO3/c1-3-5-6-7-10(13)8-9(11(8)16-7)12(14)15-4-2/h7-11H,3-6H2,1-2H3/t7-,8-,9+,10+,11+/m1/s1. The highest BCUT2D eigenvalue weighted by atomic mass is 79.9. The number of ether oxygens (including phenoxy) is 2. The van der Waals surface area contributed by atoms with Gasteiger partial charge >= 0.3 is 5.97 Å². The maximum Gasteiger partial charge on any atom is 0.312 e. The van der Waals surface area contributed by atoms with E-state index < -0.39 is 0 Å². The molecule has 0 unspecified atom stereocenters. The van der Waals surface area contributed by atoms with E-state index in [1.807, 2.05) is 6.92 Å². The second-order valence-electron chi connectivity index (χ2n) is 4.58. The fourth-order valence-corrected chi connectivity index (χ4v) is 3.57. The average Bonchev–Trinajstić information content (AvgIpc) is 2.89. The van der Waals surface area contributed by atoms with Crippen LogP contribution in [0, 0.1) is 11.8 Å². The first-order chi connectivity index (χ1) is 7.70. The molecule has 0 aromatic rings. The zero-order valence-corrected chi connectivity index (χ0v) is 11.4. The van der Waals surface area contributed by atoms with Crippen molar-refractivity contribution in [2.24, 2.45) is 11.8 Å². The lowest BCUT2D eigenvalue weighted by molar-refractivity contribution is -0.147. The van der Waals surface area contributed by atoms with Gasteiger partial charge in [0.1, 0.15) is 0 Å². The molecule has 1 heterocycles. The van der Waals surface area contributed by atoms with E-state index in [2.05, 4.69) is 22.9 Å². The molecule has 0 radical (unpaired) electrons. The number of carbonyl (C=O) groups excluding carboxylic acids is 1. The molecule has 3 nitrogen and oxygen atoms in total. The summed E-state index contributed by atoms with van der Waals surface area (Å²) < 4.78 is 10.9. The molecule has 5 atom stereocenters. The molecule has 92 valence electrons. The molecular weight excluding hydrogens is 272 g/mol. The molecule has 0 N–H and O–H groups in total. The molecule has 0 aromatic carbocycles. The summed E-state index contributed by atoms with van der Waals surface area (Å²) in [7, 11) is 0. The second-order valence-corrected chi connectivity index (χ2v) is 5.64. The van der Waals surface area contributed by atoms with Crippen LogP contribution in [0.5, 0.6) is 0 Å². The van der Waals surface area contributed by atoms with Gasteiger partial charge in [-0.05, 0) is 13.3 Å². The molecule has 1 saturated heterocycles. The number of carbonyl (C=O) groups is 1. The molecule has 0 amide bonds. The summed E-state index contributed by atoms with van der Waals surface area (Å²) in [6.07, 6.45) is 3.88. The molecule has 2 aliphatic rings. The Kier molecular flexibility index (Phi) is 3.90. The molecule has 16 heavy (non-hydrogen) atoms. The quantitative estimate of drug-likeness (QED) is 0.577. The van der Waals surface area contributed by atoms with E-state index in [0.717, 1.165) is 6.42 Å². The fraction of sp³-hybridized carbons (Fsp3) is 0.917. The number of fused-ring (bicyclic) bond motifs is 1. The second kappa shape index (κ2) is 5.05. The van der Waals surface area contributed by atoms with E-state index in [1.54, 1.807) is 0 Å². The third-order valence-corrected chi connectivity index (χ3v) is 4.66. The Morgan fingerprint density at radius 2 is 2.19 bits per heavy atom. The molecule has 0 aromatic heterocycles. The first-order valence-corrected chi connectivity index (χ1v) is 7.08. The van der Waals surface area contributed by atoms with Crippen molar-refractivity contribution in [2.75, 3.05) is 6.61 Å². The summed E-state index contributed by atoms with van der Waals surface area (Å²) in [5.41, 5.74) is 0. The van der Waals surface area contributed by atoms with E-state index in [9.17, 15) is 4.79 Å². The maximum absolute atomic E-state index is 11.6. The number of unbranched alkanes of at least 4 members (excludes halogenated alkanes) is 1. The van der Waals surface area contributed by atoms with E-state index in [0.29, 0.717) is 23.5 Å². The average molecular weight is 291 g/mol. The SMILES string of the molecule is CCCC[C@H]1O[C@@H]2[C@@H](C(=O)OCC)[C@@H]2[C@H]1Br. The van der Waals surface area contributed by atoms with Crippen molar-refractivity contribution in [3.05, 3.63) is 0 Å². The smallest absolute Gasteiger partial charge is 0.312 e. The predicted octanol–water partition coefficient (Wildman–Crippen LogP) is 2.52. The number of alkyl halides is 1. The van der Waals surface area contributed by atoms with Crippen molar-refractivity contribution in [3.63, 3.8) is 0 Å². The monoisotopic (exact) mass is 290 g/mol. The first-order valence-electron chi connectivity index (χ1n) is 6.16. The summed E-state index contributed by atoms with van der Waals surface area (Å²) in [5, 5.41) is 0. The van der Waals surface area contributed by atoms with Gasteiger partial charge in [0.2, 0.25) is 0 Å². The third kappa shape index (κ3) is 2.14. The lowest BCUT2D eigenvalue weighted by atomic mass is 10.1. The van der Waals surface area contributed by atoms with Crippen LogP contribution in [0.3, 0.4) is 0 Å². The largest absolute Gasteiger partial charge is 0.466 e. The molecule has 1 aliphatic carbocycles. The molecule has 0 spiro atoms. The van der Waals surface area contributed by atoms with Gasteiger partial charge in [0.05, 0.1) is 24.7 Å². The third-order valence-electron chi connectivity index (χ3n) is 3.46. The van der Waals surface area contributed by atoms with Gasteiger partial charge in [0.15, 0.2) is 0 Å². The zero-order chi connectivity index (χ0) is 11.7. The fourth-order valence-electron chi connectivity index (χ4n) is 2.55. The van der Waals surface area contributed by atoms with Crippen molar-refractivity contribution in [3.8, 4) is 0 Å². The lowest BCUT2D eigenvalue weighted by Crippen LogP contribution is -2.25. The summed E-state index contributed by atoms with van der Waals surface area (Å²) in [6.45, 7) is 4.48.